The fraction of sp³-hybridized carbons (Fsp3) is 0. The Bertz CT molecular complexity index is 806. The third kappa shape index (κ3) is 2.03. The number of rotatable bonds is 2. The largest absolute Gasteiger partial charge is 0.435 e. The number of hydrogen-bond acceptors (Lipinski definition) is 5. The molecule has 18 heavy (non-hydrogen) atoms. The van der Waals surface area contributed by atoms with Gasteiger partial charge in [-0.3, -0.25) is 0 Å². The lowest BCUT2D eigenvalue weighted by atomic mass is 10.3. The maximum Gasteiger partial charge on any atom is 0.261 e. The van der Waals surface area contributed by atoms with Crippen LogP contribution in [0.15, 0.2) is 45.0 Å². The molecule has 92 valence electrons. The second-order valence-electron chi connectivity index (χ2n) is 3.56. The van der Waals surface area contributed by atoms with E-state index in [-0.39, 0.29) is 4.90 Å². The summed E-state index contributed by atoms with van der Waals surface area (Å²) in [6, 6.07) is 8.14. The van der Waals surface area contributed by atoms with Gasteiger partial charge in [0, 0.05) is 16.7 Å². The second kappa shape index (κ2) is 4.08. The molecule has 2 aromatic heterocycles. The van der Waals surface area contributed by atoms with Gasteiger partial charge in [0.15, 0.2) is 5.58 Å². The van der Waals surface area contributed by atoms with Crippen molar-refractivity contribution in [2.24, 2.45) is 0 Å². The molecule has 0 aliphatic rings. The quantitative estimate of drug-likeness (QED) is 0.680. The summed E-state index contributed by atoms with van der Waals surface area (Å²) in [6.45, 7) is 0. The summed E-state index contributed by atoms with van der Waals surface area (Å²) in [5.41, 5.74) is 1.00. The van der Waals surface area contributed by atoms with E-state index in [1.54, 1.807) is 6.07 Å². The van der Waals surface area contributed by atoms with Crippen molar-refractivity contribution in [3.63, 3.8) is 0 Å². The van der Waals surface area contributed by atoms with E-state index in [1.165, 1.54) is 23.5 Å². The molecule has 2 heterocycles. The minimum absolute atomic E-state index is 0.00514. The van der Waals surface area contributed by atoms with Crippen molar-refractivity contribution in [1.82, 2.24) is 4.98 Å². The fourth-order valence-corrected chi connectivity index (χ4v) is 2.98. The Kier molecular flexibility index (Phi) is 2.65. The van der Waals surface area contributed by atoms with Crippen LogP contribution in [0, 0.1) is 0 Å². The summed E-state index contributed by atoms with van der Waals surface area (Å²) in [6.07, 6.45) is 0. The number of benzene rings is 1. The molecule has 0 fully saturated rings. The van der Waals surface area contributed by atoms with Crippen molar-refractivity contribution < 1.29 is 12.8 Å². The lowest BCUT2D eigenvalue weighted by molar-refractivity contribution is 0.606. The van der Waals surface area contributed by atoms with Gasteiger partial charge in [0.2, 0.25) is 5.89 Å². The van der Waals surface area contributed by atoms with E-state index in [0.717, 1.165) is 4.88 Å². The van der Waals surface area contributed by atoms with Gasteiger partial charge in [-0.05, 0) is 23.6 Å². The van der Waals surface area contributed by atoms with Crippen LogP contribution in [0.3, 0.4) is 0 Å². The molecule has 0 spiro atoms. The minimum Gasteiger partial charge on any atom is -0.435 e. The van der Waals surface area contributed by atoms with E-state index in [0.29, 0.717) is 17.0 Å². The Morgan fingerprint density at radius 1 is 1.28 bits per heavy atom. The summed E-state index contributed by atoms with van der Waals surface area (Å²) >= 11 is 1.50. The first kappa shape index (κ1) is 11.7. The number of hydrogen-bond donors (Lipinski definition) is 0. The average Bonchev–Trinajstić information content (AvgIpc) is 2.95. The molecule has 0 amide bonds. The van der Waals surface area contributed by atoms with Crippen molar-refractivity contribution in [2.75, 3.05) is 0 Å². The Labute approximate surface area is 111 Å². The van der Waals surface area contributed by atoms with E-state index in [4.69, 9.17) is 15.1 Å². The molecule has 0 N–H and O–H groups in total. The Morgan fingerprint density at radius 2 is 2.11 bits per heavy atom. The van der Waals surface area contributed by atoms with Gasteiger partial charge in [0.1, 0.15) is 5.52 Å². The van der Waals surface area contributed by atoms with Crippen LogP contribution in [0.5, 0.6) is 0 Å². The molecule has 7 heteroatoms. The maximum absolute atomic E-state index is 11.2. The summed E-state index contributed by atoms with van der Waals surface area (Å²) in [5, 5.41) is 1.92. The fourth-order valence-electron chi connectivity index (χ4n) is 1.56. The Hall–Kier alpha value is -1.37. The van der Waals surface area contributed by atoms with E-state index < -0.39 is 9.05 Å². The first-order valence-electron chi connectivity index (χ1n) is 4.93. The molecule has 3 rings (SSSR count). The topological polar surface area (TPSA) is 60.2 Å². The smallest absolute Gasteiger partial charge is 0.261 e. The minimum atomic E-state index is -3.75. The van der Waals surface area contributed by atoms with Crippen molar-refractivity contribution >= 4 is 42.2 Å². The Balaban J connectivity index is 2.19. The average molecular weight is 300 g/mol. The normalized spacial score (nSPS) is 12.1. The van der Waals surface area contributed by atoms with Crippen molar-refractivity contribution in [2.45, 2.75) is 4.90 Å². The van der Waals surface area contributed by atoms with Gasteiger partial charge in [-0.25, -0.2) is 13.4 Å². The Morgan fingerprint density at radius 3 is 2.78 bits per heavy atom. The van der Waals surface area contributed by atoms with Crippen LogP contribution < -0.4 is 0 Å². The van der Waals surface area contributed by atoms with Gasteiger partial charge in [-0.1, -0.05) is 6.07 Å². The van der Waals surface area contributed by atoms with Gasteiger partial charge in [0.05, 0.1) is 9.77 Å². The number of oxazole rings is 1. The predicted molar refractivity (Wildman–Crippen MR) is 70.4 cm³/mol. The highest BCUT2D eigenvalue weighted by Gasteiger charge is 2.14. The molecule has 0 atom stereocenters. The molecule has 0 saturated carbocycles. The number of aromatic nitrogens is 1. The van der Waals surface area contributed by atoms with Gasteiger partial charge in [0.25, 0.3) is 9.05 Å². The van der Waals surface area contributed by atoms with Crippen LogP contribution in [-0.4, -0.2) is 13.4 Å². The monoisotopic (exact) mass is 299 g/mol. The van der Waals surface area contributed by atoms with E-state index in [1.807, 2.05) is 17.5 Å². The third-order valence-electron chi connectivity index (χ3n) is 2.37. The molecule has 0 unspecified atom stereocenters. The van der Waals surface area contributed by atoms with Crippen LogP contribution in [-0.2, 0) is 9.05 Å². The lowest BCUT2D eigenvalue weighted by Gasteiger charge is -1.93. The van der Waals surface area contributed by atoms with Crippen molar-refractivity contribution in [1.29, 1.82) is 0 Å². The van der Waals surface area contributed by atoms with E-state index in [9.17, 15) is 8.42 Å². The summed E-state index contributed by atoms with van der Waals surface area (Å²) in [4.78, 5) is 5.18. The van der Waals surface area contributed by atoms with Gasteiger partial charge in [-0.2, -0.15) is 0 Å². The molecule has 0 radical (unpaired) electrons. The summed E-state index contributed by atoms with van der Waals surface area (Å²) in [7, 11) is 1.53. The van der Waals surface area contributed by atoms with Crippen LogP contribution in [0.25, 0.3) is 21.9 Å². The first-order chi connectivity index (χ1) is 8.54. The number of thiophene rings is 1. The highest BCUT2D eigenvalue weighted by atomic mass is 35.7. The zero-order chi connectivity index (χ0) is 12.8. The zero-order valence-electron chi connectivity index (χ0n) is 8.83. The maximum atomic E-state index is 11.2. The van der Waals surface area contributed by atoms with E-state index in [2.05, 4.69) is 4.98 Å². The molecule has 0 aliphatic carbocycles. The molecule has 3 aromatic rings. The standard InChI is InChI=1S/C11H6ClNO3S2/c12-18(14,15)7-3-4-8-9(6-7)16-11(13-8)10-2-1-5-17-10/h1-6H. The molecule has 0 bridgehead atoms. The SMILES string of the molecule is O=S(=O)(Cl)c1ccc2nc(-c3cccs3)oc2c1. The van der Waals surface area contributed by atoms with Crippen molar-refractivity contribution in [3.05, 3.63) is 35.7 Å². The number of halogens is 1. The molecular formula is C11H6ClNO3S2. The summed E-state index contributed by atoms with van der Waals surface area (Å²) in [5.74, 6) is 0.476. The van der Waals surface area contributed by atoms with Crippen LogP contribution in [0.2, 0.25) is 0 Å². The molecule has 0 aliphatic heterocycles. The van der Waals surface area contributed by atoms with Gasteiger partial charge >= 0.3 is 0 Å². The lowest BCUT2D eigenvalue weighted by Crippen LogP contribution is -1.88. The van der Waals surface area contributed by atoms with Gasteiger partial charge in [-0.15, -0.1) is 11.3 Å². The number of fused-ring (bicyclic) bond motifs is 1. The summed E-state index contributed by atoms with van der Waals surface area (Å²) < 4.78 is 28.0. The van der Waals surface area contributed by atoms with E-state index >= 15 is 0 Å². The molecule has 1 aromatic carbocycles. The highest BCUT2D eigenvalue weighted by Crippen LogP contribution is 2.29. The van der Waals surface area contributed by atoms with Crippen molar-refractivity contribution in [3.8, 4) is 10.8 Å². The van der Waals surface area contributed by atoms with Crippen LogP contribution in [0.4, 0.5) is 0 Å². The zero-order valence-corrected chi connectivity index (χ0v) is 11.2. The number of nitrogens with zero attached hydrogens (tertiary/aromatic N) is 1. The van der Waals surface area contributed by atoms with Gasteiger partial charge < -0.3 is 4.42 Å². The molecule has 4 nitrogen and oxygen atoms in total. The molecular weight excluding hydrogens is 294 g/mol. The highest BCUT2D eigenvalue weighted by molar-refractivity contribution is 8.13. The van der Waals surface area contributed by atoms with Crippen LogP contribution >= 0.6 is 22.0 Å². The second-order valence-corrected chi connectivity index (χ2v) is 7.08. The molecule has 0 saturated heterocycles. The predicted octanol–water partition coefficient (Wildman–Crippen LogP) is 3.48. The first-order valence-corrected chi connectivity index (χ1v) is 8.12. The third-order valence-corrected chi connectivity index (χ3v) is 4.58. The van der Waals surface area contributed by atoms with Crippen LogP contribution in [0.1, 0.15) is 0 Å².